The van der Waals surface area contributed by atoms with Crippen LogP contribution in [0.2, 0.25) is 0 Å². The van der Waals surface area contributed by atoms with E-state index >= 15 is 0 Å². The van der Waals surface area contributed by atoms with E-state index in [4.69, 9.17) is 10.8 Å². The summed E-state index contributed by atoms with van der Waals surface area (Å²) in [6.45, 7) is 1.45. The minimum atomic E-state index is -0.524. The molecule has 0 radical (unpaired) electrons. The molecule has 3 nitrogen and oxygen atoms in total. The number of nitrogens with zero attached hydrogens (tertiary/aromatic N) is 1. The van der Waals surface area contributed by atoms with Crippen LogP contribution in [-0.4, -0.2) is 16.7 Å². The molecule has 0 aliphatic heterocycles. The molecule has 0 aliphatic rings. The molecule has 1 atom stereocenters. The number of aliphatic hydroxyl groups excluding tert-OH is 1. The Morgan fingerprint density at radius 2 is 2.31 bits per heavy atom. The molecule has 5 heteroatoms. The Labute approximate surface area is 82.2 Å². The smallest absolute Gasteiger partial charge is 0.144 e. The molecule has 1 heterocycles. The highest BCUT2D eigenvalue weighted by molar-refractivity contribution is 5.85. The van der Waals surface area contributed by atoms with Gasteiger partial charge in [0.1, 0.15) is 5.82 Å². The molecule has 0 saturated carbocycles. The van der Waals surface area contributed by atoms with Gasteiger partial charge in [-0.3, -0.25) is 4.98 Å². The van der Waals surface area contributed by atoms with Crippen molar-refractivity contribution in [2.75, 3.05) is 6.61 Å². The molecule has 0 aliphatic carbocycles. The summed E-state index contributed by atoms with van der Waals surface area (Å²) in [5, 5.41) is 8.69. The number of hydrogen-bond donors (Lipinski definition) is 2. The third-order valence-electron chi connectivity index (χ3n) is 1.64. The maximum Gasteiger partial charge on any atom is 0.144 e. The van der Waals surface area contributed by atoms with E-state index in [2.05, 4.69) is 4.98 Å². The molecule has 13 heavy (non-hydrogen) atoms. The van der Waals surface area contributed by atoms with Crippen LogP contribution in [0.1, 0.15) is 17.3 Å². The lowest BCUT2D eigenvalue weighted by Gasteiger charge is -2.07. The number of hydrogen-bond acceptors (Lipinski definition) is 3. The first-order chi connectivity index (χ1) is 5.65. The largest absolute Gasteiger partial charge is 0.394 e. The Morgan fingerprint density at radius 1 is 1.69 bits per heavy atom. The maximum atomic E-state index is 12.7. The quantitative estimate of drug-likeness (QED) is 0.757. The summed E-state index contributed by atoms with van der Waals surface area (Å²) in [5.74, 6) is -0.358. The second-order valence-corrected chi connectivity index (χ2v) is 2.65. The van der Waals surface area contributed by atoms with Gasteiger partial charge < -0.3 is 10.8 Å². The van der Waals surface area contributed by atoms with Crippen molar-refractivity contribution in [2.24, 2.45) is 5.73 Å². The first-order valence-electron chi connectivity index (χ1n) is 3.63. The molecule has 0 saturated heterocycles. The number of rotatable bonds is 2. The number of pyridine rings is 1. The lowest BCUT2D eigenvalue weighted by molar-refractivity contribution is 0.265. The molecule has 0 fully saturated rings. The average Bonchev–Trinajstić information content (AvgIpc) is 2.08. The van der Waals surface area contributed by atoms with Crippen LogP contribution in [0.25, 0.3) is 0 Å². The van der Waals surface area contributed by atoms with E-state index in [0.29, 0.717) is 11.3 Å². The summed E-state index contributed by atoms with van der Waals surface area (Å²) in [6, 6.07) is 1.01. The summed E-state index contributed by atoms with van der Waals surface area (Å²) in [6.07, 6.45) is 1.11. The van der Waals surface area contributed by atoms with Crippen LogP contribution >= 0.6 is 12.4 Å². The van der Waals surface area contributed by atoms with E-state index in [1.165, 1.54) is 6.07 Å². The predicted octanol–water partition coefficient (Wildman–Crippen LogP) is 0.943. The number of aliphatic hydroxyl groups is 1. The Morgan fingerprint density at radius 3 is 2.77 bits per heavy atom. The van der Waals surface area contributed by atoms with Crippen LogP contribution in [0, 0.1) is 12.7 Å². The third kappa shape index (κ3) is 2.91. The average molecular weight is 207 g/mol. The first kappa shape index (κ1) is 12.3. The van der Waals surface area contributed by atoms with Gasteiger partial charge >= 0.3 is 0 Å². The summed E-state index contributed by atoms with van der Waals surface area (Å²) in [5.41, 5.74) is 6.48. The van der Waals surface area contributed by atoms with Gasteiger partial charge in [0.25, 0.3) is 0 Å². The van der Waals surface area contributed by atoms with Crippen molar-refractivity contribution in [3.63, 3.8) is 0 Å². The number of halogens is 2. The molecule has 0 bridgehead atoms. The number of aromatic nitrogens is 1. The molecular weight excluding hydrogens is 195 g/mol. The van der Waals surface area contributed by atoms with Crippen molar-refractivity contribution < 1.29 is 9.50 Å². The third-order valence-corrected chi connectivity index (χ3v) is 1.64. The van der Waals surface area contributed by atoms with Crippen LogP contribution in [0.3, 0.4) is 0 Å². The Kier molecular flexibility index (Phi) is 4.83. The van der Waals surface area contributed by atoms with Crippen molar-refractivity contribution in [2.45, 2.75) is 13.0 Å². The highest BCUT2D eigenvalue weighted by Gasteiger charge is 2.07. The number of nitrogens with two attached hydrogens (primary N) is 1. The molecule has 74 valence electrons. The van der Waals surface area contributed by atoms with Gasteiger partial charge in [0.2, 0.25) is 0 Å². The highest BCUT2D eigenvalue weighted by atomic mass is 35.5. The van der Waals surface area contributed by atoms with Crippen LogP contribution < -0.4 is 5.73 Å². The normalized spacial score (nSPS) is 12.0. The second kappa shape index (κ2) is 5.11. The van der Waals surface area contributed by atoms with E-state index in [9.17, 15) is 4.39 Å². The maximum absolute atomic E-state index is 12.7. The first-order valence-corrected chi connectivity index (χ1v) is 3.63. The molecule has 0 aromatic carbocycles. The fourth-order valence-electron chi connectivity index (χ4n) is 0.857. The van der Waals surface area contributed by atoms with Gasteiger partial charge in [-0.25, -0.2) is 4.39 Å². The van der Waals surface area contributed by atoms with E-state index in [0.717, 1.165) is 6.20 Å². The zero-order valence-electron chi connectivity index (χ0n) is 7.20. The Hall–Kier alpha value is -0.710. The lowest BCUT2D eigenvalue weighted by atomic mass is 10.1. The zero-order valence-corrected chi connectivity index (χ0v) is 8.01. The van der Waals surface area contributed by atoms with Crippen LogP contribution in [0.4, 0.5) is 4.39 Å². The van der Waals surface area contributed by atoms with Gasteiger partial charge in [-0.2, -0.15) is 0 Å². The predicted molar refractivity (Wildman–Crippen MR) is 50.2 cm³/mol. The zero-order chi connectivity index (χ0) is 9.14. The molecule has 0 amide bonds. The van der Waals surface area contributed by atoms with Crippen LogP contribution in [0.15, 0.2) is 12.3 Å². The standard InChI is InChI=1S/C8H11FN2O.ClH/c1-5-2-8(7(10)4-12)11-3-6(5)9;/h2-3,7,12H,4,10H2,1H3;1H/t7-;/m1./s1. The Balaban J connectivity index is 0.00000144. The van der Waals surface area contributed by atoms with Crippen molar-refractivity contribution >= 4 is 12.4 Å². The van der Waals surface area contributed by atoms with Gasteiger partial charge in [0.05, 0.1) is 24.5 Å². The van der Waals surface area contributed by atoms with Gasteiger partial charge in [-0.15, -0.1) is 12.4 Å². The van der Waals surface area contributed by atoms with E-state index in [-0.39, 0.29) is 24.8 Å². The van der Waals surface area contributed by atoms with Crippen LogP contribution in [0.5, 0.6) is 0 Å². The van der Waals surface area contributed by atoms with Gasteiger partial charge in [-0.05, 0) is 18.6 Å². The fourth-order valence-corrected chi connectivity index (χ4v) is 0.857. The van der Waals surface area contributed by atoms with Gasteiger partial charge in [0.15, 0.2) is 0 Å². The van der Waals surface area contributed by atoms with E-state index in [1.807, 2.05) is 0 Å². The molecule has 1 aromatic heterocycles. The molecule has 1 aromatic rings. The minimum absolute atomic E-state index is 0. The molecule has 0 spiro atoms. The summed E-state index contributed by atoms with van der Waals surface area (Å²) in [4.78, 5) is 3.75. The van der Waals surface area contributed by atoms with Crippen LogP contribution in [-0.2, 0) is 0 Å². The van der Waals surface area contributed by atoms with Crippen molar-refractivity contribution in [1.29, 1.82) is 0 Å². The topological polar surface area (TPSA) is 59.1 Å². The van der Waals surface area contributed by atoms with Crippen molar-refractivity contribution in [3.05, 3.63) is 29.3 Å². The molecule has 3 N–H and O–H groups in total. The highest BCUT2D eigenvalue weighted by Crippen LogP contribution is 2.10. The lowest BCUT2D eigenvalue weighted by Crippen LogP contribution is -2.16. The van der Waals surface area contributed by atoms with Gasteiger partial charge in [0, 0.05) is 0 Å². The fraction of sp³-hybridized carbons (Fsp3) is 0.375. The van der Waals surface area contributed by atoms with E-state index in [1.54, 1.807) is 6.92 Å². The Bertz CT molecular complexity index is 283. The number of aryl methyl sites for hydroxylation is 1. The second-order valence-electron chi connectivity index (χ2n) is 2.65. The molecule has 0 unspecified atom stereocenters. The summed E-state index contributed by atoms with van der Waals surface area (Å²) < 4.78 is 12.7. The molecular formula is C8H12ClFN2O. The van der Waals surface area contributed by atoms with Crippen molar-refractivity contribution in [1.82, 2.24) is 4.98 Å². The van der Waals surface area contributed by atoms with E-state index < -0.39 is 6.04 Å². The summed E-state index contributed by atoms with van der Waals surface area (Å²) >= 11 is 0. The van der Waals surface area contributed by atoms with Crippen molar-refractivity contribution in [3.8, 4) is 0 Å². The summed E-state index contributed by atoms with van der Waals surface area (Å²) in [7, 11) is 0. The monoisotopic (exact) mass is 206 g/mol. The minimum Gasteiger partial charge on any atom is -0.394 e. The molecule has 1 rings (SSSR count). The SMILES string of the molecule is Cc1cc([C@H](N)CO)ncc1F.Cl. The van der Waals surface area contributed by atoms with Gasteiger partial charge in [-0.1, -0.05) is 0 Å².